The van der Waals surface area contributed by atoms with Gasteiger partial charge in [0.15, 0.2) is 0 Å². The molecular formula is C25H31Cl2Zr-. The van der Waals surface area contributed by atoms with Gasteiger partial charge in [-0.05, 0) is 28.4 Å². The molecule has 3 rings (SSSR count). The van der Waals surface area contributed by atoms with Crippen LogP contribution in [-0.2, 0) is 38.1 Å². The Morgan fingerprint density at radius 2 is 1.50 bits per heavy atom. The summed E-state index contributed by atoms with van der Waals surface area (Å²) in [5, 5.41) is 2.76. The first-order valence-corrected chi connectivity index (χ1v) is 16.2. The monoisotopic (exact) mass is 491 g/mol. The fourth-order valence-corrected chi connectivity index (χ4v) is 3.70. The molecule has 0 nitrogen and oxygen atoms in total. The van der Waals surface area contributed by atoms with Crippen molar-refractivity contribution in [1.82, 2.24) is 0 Å². The average Bonchev–Trinajstić information content (AvgIpc) is 3.05. The van der Waals surface area contributed by atoms with Crippen molar-refractivity contribution in [3.63, 3.8) is 0 Å². The third-order valence-corrected chi connectivity index (χ3v) is 5.23. The van der Waals surface area contributed by atoms with Crippen molar-refractivity contribution in [3.8, 4) is 11.1 Å². The van der Waals surface area contributed by atoms with Gasteiger partial charge in [-0.3, -0.25) is 0 Å². The summed E-state index contributed by atoms with van der Waals surface area (Å²) in [6.45, 7) is 16.1. The molecule has 0 bridgehead atoms. The maximum absolute atomic E-state index is 4.93. The van der Waals surface area contributed by atoms with Crippen LogP contribution in [0, 0.1) is 0 Å². The van der Waals surface area contributed by atoms with Gasteiger partial charge < -0.3 is 0 Å². The average molecular weight is 494 g/mol. The molecule has 0 aliphatic heterocycles. The van der Waals surface area contributed by atoms with Gasteiger partial charge in [-0.15, -0.1) is 34.5 Å². The standard InChI is InChI=1S/C25H31.2ClH.Zr/c1-8-17-11-9-10-12-20(17)23-21-16-19(24(2,3)4)15-18(21)13-14-22(23)25(5,6)7;;;/h9-16H,8H2,1-7H3;2*1H;/q-1;;;+2/p-2. The summed E-state index contributed by atoms with van der Waals surface area (Å²) in [6.07, 6.45) is 1.06. The Morgan fingerprint density at radius 3 is 2.04 bits per heavy atom. The molecule has 0 atom stereocenters. The molecule has 28 heavy (non-hydrogen) atoms. The second-order valence-electron chi connectivity index (χ2n) is 9.32. The number of hydrogen-bond donors (Lipinski definition) is 0. The van der Waals surface area contributed by atoms with Gasteiger partial charge in [0.05, 0.1) is 0 Å². The molecule has 0 aliphatic rings. The molecule has 0 unspecified atom stereocenters. The zero-order valence-corrected chi connectivity index (χ0v) is 22.1. The topological polar surface area (TPSA) is 0 Å². The summed E-state index contributed by atoms with van der Waals surface area (Å²) in [4.78, 5) is 0. The van der Waals surface area contributed by atoms with E-state index < -0.39 is 20.8 Å². The molecular weight excluding hydrogens is 462 g/mol. The van der Waals surface area contributed by atoms with Gasteiger partial charge in [0.2, 0.25) is 0 Å². The number of rotatable bonds is 2. The zero-order valence-electron chi connectivity index (χ0n) is 18.1. The minimum atomic E-state index is -0.826. The number of benzene rings is 2. The van der Waals surface area contributed by atoms with Crippen LogP contribution >= 0.6 is 17.0 Å². The fourth-order valence-electron chi connectivity index (χ4n) is 3.70. The molecule has 150 valence electrons. The van der Waals surface area contributed by atoms with E-state index in [2.05, 4.69) is 97.0 Å². The van der Waals surface area contributed by atoms with Crippen molar-refractivity contribution >= 4 is 27.8 Å². The van der Waals surface area contributed by atoms with Crippen molar-refractivity contribution < 1.29 is 20.8 Å². The molecule has 0 N–H and O–H groups in total. The van der Waals surface area contributed by atoms with Crippen LogP contribution in [0.5, 0.6) is 0 Å². The van der Waals surface area contributed by atoms with E-state index in [1.807, 2.05) is 0 Å². The number of halogens is 2. The molecule has 0 amide bonds. The molecule has 0 fully saturated rings. The third kappa shape index (κ3) is 5.35. The van der Waals surface area contributed by atoms with Crippen molar-refractivity contribution in [1.29, 1.82) is 0 Å². The second-order valence-corrected chi connectivity index (χ2v) is 13.0. The molecule has 0 aliphatic carbocycles. The Bertz CT molecular complexity index is 924. The Kier molecular flexibility index (Phi) is 8.11. The molecule has 0 radical (unpaired) electrons. The Labute approximate surface area is 189 Å². The van der Waals surface area contributed by atoms with Gasteiger partial charge in [-0.1, -0.05) is 83.9 Å². The maximum atomic E-state index is 4.93. The van der Waals surface area contributed by atoms with E-state index in [0.29, 0.717) is 0 Å². The first kappa shape index (κ1) is 23.8. The summed E-state index contributed by atoms with van der Waals surface area (Å²) in [7, 11) is 9.87. The van der Waals surface area contributed by atoms with Gasteiger partial charge in [-0.25, -0.2) is 0 Å². The molecule has 3 heteroatoms. The number of aryl methyl sites for hydroxylation is 1. The predicted molar refractivity (Wildman–Crippen MR) is 123 cm³/mol. The second kappa shape index (κ2) is 9.55. The molecule has 0 saturated heterocycles. The molecule has 3 aromatic rings. The van der Waals surface area contributed by atoms with Crippen LogP contribution in [-0.4, -0.2) is 0 Å². The van der Waals surface area contributed by atoms with Crippen molar-refractivity contribution in [3.05, 3.63) is 65.2 Å². The first-order chi connectivity index (χ1) is 13.0. The summed E-state index contributed by atoms with van der Waals surface area (Å²) in [6, 6.07) is 18.4. The van der Waals surface area contributed by atoms with E-state index in [9.17, 15) is 0 Å². The fraction of sp³-hybridized carbons (Fsp3) is 0.400. The van der Waals surface area contributed by atoms with Crippen LogP contribution in [0.2, 0.25) is 0 Å². The SMILES string of the molecule is CCc1ccccc1-c1c(C(C)(C)C)ccc2[cH-]c(C(C)(C)C)cc12.[Cl][Zr][Cl]. The molecule has 3 aromatic carbocycles. The van der Waals surface area contributed by atoms with E-state index in [1.54, 1.807) is 0 Å². The van der Waals surface area contributed by atoms with Gasteiger partial charge in [0, 0.05) is 0 Å². The Hall–Kier alpha value is -0.487. The van der Waals surface area contributed by atoms with Crippen molar-refractivity contribution in [2.45, 2.75) is 65.7 Å². The summed E-state index contributed by atoms with van der Waals surface area (Å²) in [5.41, 5.74) is 7.39. The summed E-state index contributed by atoms with van der Waals surface area (Å²) >= 11 is -0.826. The van der Waals surface area contributed by atoms with Crippen LogP contribution in [0.15, 0.2) is 48.5 Å². The molecule has 0 saturated carbocycles. The summed E-state index contributed by atoms with van der Waals surface area (Å²) < 4.78 is 0. The van der Waals surface area contributed by atoms with Crippen LogP contribution in [0.3, 0.4) is 0 Å². The molecule has 0 spiro atoms. The van der Waals surface area contributed by atoms with E-state index in [0.717, 1.165) is 6.42 Å². The Balaban J connectivity index is 0.000000878. The minimum absolute atomic E-state index is 0.115. The summed E-state index contributed by atoms with van der Waals surface area (Å²) in [5.74, 6) is 0. The Morgan fingerprint density at radius 1 is 0.893 bits per heavy atom. The van der Waals surface area contributed by atoms with Gasteiger partial charge in [0.1, 0.15) is 0 Å². The van der Waals surface area contributed by atoms with Crippen LogP contribution in [0.25, 0.3) is 21.9 Å². The zero-order chi connectivity index (χ0) is 21.1. The van der Waals surface area contributed by atoms with Crippen LogP contribution < -0.4 is 0 Å². The quantitative estimate of drug-likeness (QED) is 0.313. The first-order valence-electron chi connectivity index (χ1n) is 9.83. The van der Waals surface area contributed by atoms with E-state index in [4.69, 9.17) is 17.0 Å². The van der Waals surface area contributed by atoms with Crippen molar-refractivity contribution in [2.75, 3.05) is 0 Å². The van der Waals surface area contributed by atoms with E-state index >= 15 is 0 Å². The van der Waals surface area contributed by atoms with E-state index in [-0.39, 0.29) is 10.8 Å². The van der Waals surface area contributed by atoms with Gasteiger partial charge >= 0.3 is 37.9 Å². The van der Waals surface area contributed by atoms with Gasteiger partial charge in [-0.2, -0.15) is 6.07 Å². The third-order valence-electron chi connectivity index (χ3n) is 5.23. The normalized spacial score (nSPS) is 11.9. The van der Waals surface area contributed by atoms with Crippen molar-refractivity contribution in [2.24, 2.45) is 0 Å². The number of fused-ring (bicyclic) bond motifs is 1. The number of hydrogen-bond acceptors (Lipinski definition) is 0. The predicted octanol–water partition coefficient (Wildman–Crippen LogP) is 8.76. The molecule has 0 aromatic heterocycles. The van der Waals surface area contributed by atoms with Gasteiger partial charge in [0.25, 0.3) is 0 Å². The molecule has 0 heterocycles. The van der Waals surface area contributed by atoms with Crippen LogP contribution in [0.1, 0.15) is 65.2 Å². The van der Waals surface area contributed by atoms with E-state index in [1.165, 1.54) is 38.6 Å². The van der Waals surface area contributed by atoms with Crippen LogP contribution in [0.4, 0.5) is 0 Å².